The highest BCUT2D eigenvalue weighted by molar-refractivity contribution is 5.99. The molecule has 2 aromatic carbocycles. The van der Waals surface area contributed by atoms with Gasteiger partial charge in [0.1, 0.15) is 11.4 Å². The topological polar surface area (TPSA) is 115 Å². The Hall–Kier alpha value is -3.88. The van der Waals surface area contributed by atoms with Crippen molar-refractivity contribution in [3.05, 3.63) is 63.8 Å². The number of hydrogen-bond acceptors (Lipinski definition) is 6. The molecule has 30 heavy (non-hydrogen) atoms. The lowest BCUT2D eigenvalue weighted by Crippen LogP contribution is -2.38. The van der Waals surface area contributed by atoms with E-state index < -0.39 is 17.5 Å². The van der Waals surface area contributed by atoms with Crippen molar-refractivity contribution in [1.29, 1.82) is 0 Å². The predicted octanol–water partition coefficient (Wildman–Crippen LogP) is 3.22. The average molecular weight is 409 g/mol. The third-order valence-corrected chi connectivity index (χ3v) is 5.07. The number of nitro groups is 1. The number of aryl methyl sites for hydroxylation is 1. The van der Waals surface area contributed by atoms with Crippen molar-refractivity contribution in [3.63, 3.8) is 0 Å². The molecule has 0 atom stereocenters. The maximum atomic E-state index is 12.7. The van der Waals surface area contributed by atoms with E-state index in [4.69, 9.17) is 9.47 Å². The van der Waals surface area contributed by atoms with Crippen LogP contribution in [0.4, 0.5) is 11.4 Å². The summed E-state index contributed by atoms with van der Waals surface area (Å²) in [6.45, 7) is 0.0430. The molecule has 2 heterocycles. The predicted molar refractivity (Wildman–Crippen MR) is 109 cm³/mol. The van der Waals surface area contributed by atoms with Gasteiger partial charge in [-0.25, -0.2) is 4.79 Å². The second-order valence-corrected chi connectivity index (χ2v) is 6.93. The largest absolute Gasteiger partial charge is 0.497 e. The third kappa shape index (κ3) is 3.69. The first-order valence-corrected chi connectivity index (χ1v) is 9.38. The Balaban J connectivity index is 1.45. The fourth-order valence-electron chi connectivity index (χ4n) is 3.58. The summed E-state index contributed by atoms with van der Waals surface area (Å²) >= 11 is 0. The van der Waals surface area contributed by atoms with Gasteiger partial charge in [-0.3, -0.25) is 14.9 Å². The molecule has 0 spiro atoms. The maximum absolute atomic E-state index is 12.7. The van der Waals surface area contributed by atoms with E-state index in [2.05, 4.69) is 4.98 Å². The van der Waals surface area contributed by atoms with Gasteiger partial charge in [-0.2, -0.15) is 0 Å². The number of ether oxygens (including phenoxy) is 2. The highest BCUT2D eigenvalue weighted by Crippen LogP contribution is 2.30. The molecule has 1 aliphatic heterocycles. The molecular weight excluding hydrogens is 390 g/mol. The molecule has 0 fully saturated rings. The molecule has 9 nitrogen and oxygen atoms in total. The fraction of sp³-hybridized carbons (Fsp3) is 0.238. The van der Waals surface area contributed by atoms with E-state index in [0.29, 0.717) is 30.8 Å². The molecule has 1 N–H and O–H groups in total. The second kappa shape index (κ2) is 7.86. The lowest BCUT2D eigenvalue weighted by Gasteiger charge is -2.29. The number of anilines is 1. The van der Waals surface area contributed by atoms with Crippen LogP contribution in [0.5, 0.6) is 5.75 Å². The molecule has 9 heteroatoms. The smallest absolute Gasteiger partial charge is 0.355 e. The first kappa shape index (κ1) is 19.4. The van der Waals surface area contributed by atoms with Crippen LogP contribution in [0.2, 0.25) is 0 Å². The lowest BCUT2D eigenvalue weighted by atomic mass is 10.0. The van der Waals surface area contributed by atoms with Crippen molar-refractivity contribution < 1.29 is 24.0 Å². The van der Waals surface area contributed by atoms with Crippen molar-refractivity contribution in [3.8, 4) is 5.75 Å². The van der Waals surface area contributed by atoms with Crippen LogP contribution in [0.1, 0.15) is 22.5 Å². The number of non-ortho nitro benzene ring substituents is 1. The zero-order chi connectivity index (χ0) is 21.3. The first-order chi connectivity index (χ1) is 14.5. The van der Waals surface area contributed by atoms with Crippen LogP contribution < -0.4 is 9.64 Å². The molecule has 1 amide bonds. The van der Waals surface area contributed by atoms with Crippen molar-refractivity contribution >= 4 is 34.2 Å². The number of aromatic nitrogens is 1. The van der Waals surface area contributed by atoms with Crippen molar-refractivity contribution in [2.75, 3.05) is 25.2 Å². The highest BCUT2D eigenvalue weighted by atomic mass is 16.6. The van der Waals surface area contributed by atoms with Crippen LogP contribution in [0, 0.1) is 10.1 Å². The van der Waals surface area contributed by atoms with E-state index in [1.807, 2.05) is 6.07 Å². The monoisotopic (exact) mass is 409 g/mol. The number of carbonyl (C=O) groups is 2. The number of fused-ring (bicyclic) bond motifs is 2. The van der Waals surface area contributed by atoms with Crippen LogP contribution in [0.3, 0.4) is 0 Å². The van der Waals surface area contributed by atoms with Gasteiger partial charge in [0.2, 0.25) is 0 Å². The van der Waals surface area contributed by atoms with E-state index in [0.717, 1.165) is 16.5 Å². The number of aromatic amines is 1. The van der Waals surface area contributed by atoms with Crippen LogP contribution in [0.25, 0.3) is 10.9 Å². The van der Waals surface area contributed by atoms with Crippen LogP contribution >= 0.6 is 0 Å². The molecule has 0 unspecified atom stereocenters. The molecule has 1 aliphatic rings. The summed E-state index contributed by atoms with van der Waals surface area (Å²) in [5, 5.41) is 11.8. The number of benzene rings is 2. The van der Waals surface area contributed by atoms with E-state index >= 15 is 0 Å². The number of H-pyrrole nitrogens is 1. The SMILES string of the molecule is COc1ccc2cc(C(=O)OCC(=O)N3CCCc4cc([N+](=O)[O-])ccc43)[nH]c2c1. The molecule has 3 aromatic rings. The standard InChI is InChI=1S/C21H19N3O6/c1-29-16-6-4-13-10-18(22-17(13)11-16)21(26)30-12-20(25)23-8-2-3-14-9-15(24(27)28)5-7-19(14)23/h4-7,9-11,22H,2-3,8,12H2,1H3. The second-order valence-electron chi connectivity index (χ2n) is 6.93. The van der Waals surface area contributed by atoms with Crippen molar-refractivity contribution in [2.45, 2.75) is 12.8 Å². The molecule has 0 saturated heterocycles. The summed E-state index contributed by atoms with van der Waals surface area (Å²) in [6, 6.07) is 11.4. The minimum atomic E-state index is -0.639. The molecule has 1 aromatic heterocycles. The normalized spacial score (nSPS) is 13.0. The van der Waals surface area contributed by atoms with Crippen LogP contribution in [-0.2, 0) is 16.0 Å². The number of amides is 1. The Labute approximate surface area is 171 Å². The quantitative estimate of drug-likeness (QED) is 0.393. The number of rotatable bonds is 5. The Morgan fingerprint density at radius 3 is 2.80 bits per heavy atom. The van der Waals surface area contributed by atoms with Gasteiger partial charge in [0.05, 0.1) is 12.0 Å². The fourth-order valence-corrected chi connectivity index (χ4v) is 3.58. The molecule has 0 aliphatic carbocycles. The summed E-state index contributed by atoms with van der Waals surface area (Å²) < 4.78 is 10.4. The summed E-state index contributed by atoms with van der Waals surface area (Å²) in [5.41, 5.74) is 2.30. The minimum absolute atomic E-state index is 0.00933. The molecule has 0 bridgehead atoms. The Morgan fingerprint density at radius 2 is 2.03 bits per heavy atom. The molecule has 4 rings (SSSR count). The first-order valence-electron chi connectivity index (χ1n) is 9.38. The van der Waals surface area contributed by atoms with E-state index in [-0.39, 0.29) is 17.3 Å². The Bertz CT molecular complexity index is 1150. The van der Waals surface area contributed by atoms with Crippen LogP contribution in [0.15, 0.2) is 42.5 Å². The summed E-state index contributed by atoms with van der Waals surface area (Å²) in [6.07, 6.45) is 1.33. The third-order valence-electron chi connectivity index (χ3n) is 5.07. The van der Waals surface area contributed by atoms with Crippen LogP contribution in [-0.4, -0.2) is 42.0 Å². The molecule has 154 valence electrons. The number of hydrogen-bond donors (Lipinski definition) is 1. The van der Waals surface area contributed by atoms with Gasteiger partial charge in [-0.15, -0.1) is 0 Å². The lowest BCUT2D eigenvalue weighted by molar-refractivity contribution is -0.384. The number of esters is 1. The number of nitrogens with one attached hydrogen (secondary N) is 1. The maximum Gasteiger partial charge on any atom is 0.355 e. The number of methoxy groups -OCH3 is 1. The zero-order valence-corrected chi connectivity index (χ0v) is 16.2. The zero-order valence-electron chi connectivity index (χ0n) is 16.2. The highest BCUT2D eigenvalue weighted by Gasteiger charge is 2.25. The van der Waals surface area contributed by atoms with E-state index in [1.165, 1.54) is 17.0 Å². The summed E-state index contributed by atoms with van der Waals surface area (Å²) in [4.78, 5) is 40.0. The number of nitrogens with zero attached hydrogens (tertiary/aromatic N) is 2. The van der Waals surface area contributed by atoms with Gasteiger partial charge in [0.25, 0.3) is 11.6 Å². The number of nitro benzene ring substituents is 1. The van der Waals surface area contributed by atoms with Gasteiger partial charge in [-0.1, -0.05) is 0 Å². The van der Waals surface area contributed by atoms with Gasteiger partial charge in [0.15, 0.2) is 6.61 Å². The van der Waals surface area contributed by atoms with Gasteiger partial charge >= 0.3 is 5.97 Å². The Morgan fingerprint density at radius 1 is 1.20 bits per heavy atom. The molecular formula is C21H19N3O6. The summed E-state index contributed by atoms with van der Waals surface area (Å²) in [5.74, 6) is -0.362. The molecule has 0 radical (unpaired) electrons. The van der Waals surface area contributed by atoms with Crippen molar-refractivity contribution in [1.82, 2.24) is 4.98 Å². The van der Waals surface area contributed by atoms with E-state index in [1.54, 1.807) is 31.4 Å². The Kier molecular flexibility index (Phi) is 5.09. The number of carbonyl (C=O) groups excluding carboxylic acids is 2. The minimum Gasteiger partial charge on any atom is -0.497 e. The molecule has 0 saturated carbocycles. The average Bonchev–Trinajstić information content (AvgIpc) is 3.19. The van der Waals surface area contributed by atoms with E-state index in [9.17, 15) is 19.7 Å². The van der Waals surface area contributed by atoms with Crippen molar-refractivity contribution in [2.24, 2.45) is 0 Å². The van der Waals surface area contributed by atoms with Gasteiger partial charge in [0, 0.05) is 41.3 Å². The summed E-state index contributed by atoms with van der Waals surface area (Å²) in [7, 11) is 1.56. The van der Waals surface area contributed by atoms with Gasteiger partial charge < -0.3 is 19.4 Å². The van der Waals surface area contributed by atoms with Gasteiger partial charge in [-0.05, 0) is 42.7 Å².